The molecule has 15 heavy (non-hydrogen) atoms. The summed E-state index contributed by atoms with van der Waals surface area (Å²) >= 11 is 0. The highest BCUT2D eigenvalue weighted by molar-refractivity contribution is 5.87. The van der Waals surface area contributed by atoms with Crippen molar-refractivity contribution < 1.29 is 14.6 Å². The Morgan fingerprint density at radius 2 is 2.33 bits per heavy atom. The molecule has 0 saturated carbocycles. The Labute approximate surface area is 87.9 Å². The average molecular weight is 207 g/mol. The first kappa shape index (κ1) is 10.1. The summed E-state index contributed by atoms with van der Waals surface area (Å²) in [7, 11) is 0. The van der Waals surface area contributed by atoms with Crippen LogP contribution in [-0.2, 0) is 4.74 Å². The Hall–Kier alpha value is -1.42. The quantitative estimate of drug-likeness (QED) is 0.806. The SMILES string of the molecule is O=C(O)c1cncc(C2CCCCO2)c1. The monoisotopic (exact) mass is 207 g/mol. The van der Waals surface area contributed by atoms with Crippen LogP contribution in [0, 0.1) is 0 Å². The van der Waals surface area contributed by atoms with Gasteiger partial charge >= 0.3 is 5.97 Å². The topological polar surface area (TPSA) is 59.4 Å². The molecular formula is C11H13NO3. The maximum atomic E-state index is 10.8. The van der Waals surface area contributed by atoms with Gasteiger partial charge < -0.3 is 9.84 Å². The van der Waals surface area contributed by atoms with E-state index in [1.165, 1.54) is 6.20 Å². The number of aromatic nitrogens is 1. The largest absolute Gasteiger partial charge is 0.478 e. The summed E-state index contributed by atoms with van der Waals surface area (Å²) in [5, 5.41) is 8.83. The van der Waals surface area contributed by atoms with Gasteiger partial charge in [0.05, 0.1) is 11.7 Å². The number of ether oxygens (including phenoxy) is 1. The molecule has 2 rings (SSSR count). The van der Waals surface area contributed by atoms with Gasteiger partial charge in [-0.3, -0.25) is 4.98 Å². The van der Waals surface area contributed by atoms with Crippen molar-refractivity contribution in [3.8, 4) is 0 Å². The third-order valence-corrected chi connectivity index (χ3v) is 2.56. The van der Waals surface area contributed by atoms with Crippen LogP contribution < -0.4 is 0 Å². The average Bonchev–Trinajstić information content (AvgIpc) is 2.30. The molecule has 1 aliphatic rings. The minimum absolute atomic E-state index is 0.0190. The first-order valence-electron chi connectivity index (χ1n) is 5.07. The van der Waals surface area contributed by atoms with Crippen LogP contribution in [0.3, 0.4) is 0 Å². The molecule has 0 amide bonds. The van der Waals surface area contributed by atoms with Crippen LogP contribution in [0.1, 0.15) is 41.3 Å². The second kappa shape index (κ2) is 4.40. The third kappa shape index (κ3) is 2.33. The van der Waals surface area contributed by atoms with Crippen LogP contribution in [0.5, 0.6) is 0 Å². The molecule has 0 bridgehead atoms. The number of hydrogen-bond acceptors (Lipinski definition) is 3. The minimum atomic E-state index is -0.944. The van der Waals surface area contributed by atoms with Crippen LogP contribution in [0.15, 0.2) is 18.5 Å². The molecule has 1 saturated heterocycles. The predicted octanol–water partition coefficient (Wildman–Crippen LogP) is 2.02. The van der Waals surface area contributed by atoms with Gasteiger partial charge in [0.1, 0.15) is 0 Å². The number of carboxylic acids is 1. The van der Waals surface area contributed by atoms with E-state index in [2.05, 4.69) is 4.98 Å². The number of nitrogens with zero attached hydrogens (tertiary/aromatic N) is 1. The summed E-state index contributed by atoms with van der Waals surface area (Å²) < 4.78 is 5.57. The van der Waals surface area contributed by atoms with E-state index in [-0.39, 0.29) is 11.7 Å². The van der Waals surface area contributed by atoms with E-state index in [1.54, 1.807) is 12.3 Å². The molecule has 1 unspecified atom stereocenters. The summed E-state index contributed by atoms with van der Waals surface area (Å²) in [5.41, 5.74) is 1.09. The Kier molecular flexibility index (Phi) is 2.97. The maximum Gasteiger partial charge on any atom is 0.337 e. The van der Waals surface area contributed by atoms with Crippen LogP contribution >= 0.6 is 0 Å². The fourth-order valence-electron chi connectivity index (χ4n) is 1.75. The summed E-state index contributed by atoms with van der Waals surface area (Å²) in [5.74, 6) is -0.944. The van der Waals surface area contributed by atoms with E-state index in [9.17, 15) is 4.79 Å². The summed E-state index contributed by atoms with van der Waals surface area (Å²) in [6.07, 6.45) is 6.22. The molecule has 1 aromatic rings. The Morgan fingerprint density at radius 3 is 3.00 bits per heavy atom. The zero-order chi connectivity index (χ0) is 10.7. The number of carbonyl (C=O) groups is 1. The van der Waals surface area contributed by atoms with Gasteiger partial charge in [-0.05, 0) is 30.9 Å². The fourth-order valence-corrected chi connectivity index (χ4v) is 1.75. The standard InChI is InChI=1S/C11H13NO3/c13-11(14)9-5-8(6-12-7-9)10-3-1-2-4-15-10/h5-7,10H,1-4H2,(H,13,14). The van der Waals surface area contributed by atoms with Gasteiger partial charge in [-0.1, -0.05) is 0 Å². The van der Waals surface area contributed by atoms with Crippen molar-refractivity contribution in [3.05, 3.63) is 29.6 Å². The van der Waals surface area contributed by atoms with Gasteiger partial charge in [-0.15, -0.1) is 0 Å². The number of hydrogen-bond donors (Lipinski definition) is 1. The normalized spacial score (nSPS) is 21.2. The van der Waals surface area contributed by atoms with Gasteiger partial charge in [0.2, 0.25) is 0 Å². The van der Waals surface area contributed by atoms with Crippen molar-refractivity contribution in [3.63, 3.8) is 0 Å². The number of rotatable bonds is 2. The minimum Gasteiger partial charge on any atom is -0.478 e. The van der Waals surface area contributed by atoms with E-state index in [0.29, 0.717) is 0 Å². The van der Waals surface area contributed by atoms with Gasteiger partial charge in [-0.25, -0.2) is 4.79 Å². The van der Waals surface area contributed by atoms with Gasteiger partial charge in [-0.2, -0.15) is 0 Å². The molecule has 4 heteroatoms. The molecule has 1 aromatic heterocycles. The second-order valence-electron chi connectivity index (χ2n) is 3.67. The Morgan fingerprint density at radius 1 is 1.47 bits per heavy atom. The van der Waals surface area contributed by atoms with Crippen molar-refractivity contribution in [2.45, 2.75) is 25.4 Å². The van der Waals surface area contributed by atoms with Crippen molar-refractivity contribution in [1.82, 2.24) is 4.98 Å². The highest BCUT2D eigenvalue weighted by atomic mass is 16.5. The highest BCUT2D eigenvalue weighted by Crippen LogP contribution is 2.27. The molecule has 80 valence electrons. The van der Waals surface area contributed by atoms with E-state index >= 15 is 0 Å². The van der Waals surface area contributed by atoms with E-state index in [4.69, 9.17) is 9.84 Å². The van der Waals surface area contributed by atoms with Crippen molar-refractivity contribution in [2.24, 2.45) is 0 Å². The van der Waals surface area contributed by atoms with E-state index in [0.717, 1.165) is 31.4 Å². The van der Waals surface area contributed by atoms with Crippen LogP contribution in [0.2, 0.25) is 0 Å². The molecule has 1 aliphatic heterocycles. The lowest BCUT2D eigenvalue weighted by Crippen LogP contribution is -2.12. The van der Waals surface area contributed by atoms with E-state index in [1.807, 2.05) is 0 Å². The molecule has 0 aliphatic carbocycles. The van der Waals surface area contributed by atoms with Crippen molar-refractivity contribution in [1.29, 1.82) is 0 Å². The third-order valence-electron chi connectivity index (χ3n) is 2.56. The lowest BCUT2D eigenvalue weighted by molar-refractivity contribution is 0.0147. The molecule has 0 spiro atoms. The predicted molar refractivity (Wildman–Crippen MR) is 53.7 cm³/mol. The summed E-state index contributed by atoms with van der Waals surface area (Å²) in [6, 6.07) is 1.64. The first-order valence-corrected chi connectivity index (χ1v) is 5.07. The van der Waals surface area contributed by atoms with Gasteiger partial charge in [0.15, 0.2) is 0 Å². The first-order chi connectivity index (χ1) is 7.27. The van der Waals surface area contributed by atoms with Crippen LogP contribution in [-0.4, -0.2) is 22.7 Å². The lowest BCUT2D eigenvalue weighted by Gasteiger charge is -2.22. The molecule has 1 atom stereocenters. The number of pyridine rings is 1. The second-order valence-corrected chi connectivity index (χ2v) is 3.67. The lowest BCUT2D eigenvalue weighted by atomic mass is 10.0. The molecule has 1 N–H and O–H groups in total. The number of aromatic carboxylic acids is 1. The molecule has 0 radical (unpaired) electrons. The maximum absolute atomic E-state index is 10.8. The smallest absolute Gasteiger partial charge is 0.337 e. The van der Waals surface area contributed by atoms with Crippen molar-refractivity contribution >= 4 is 5.97 Å². The Balaban J connectivity index is 2.19. The zero-order valence-electron chi connectivity index (χ0n) is 8.35. The highest BCUT2D eigenvalue weighted by Gasteiger charge is 2.17. The van der Waals surface area contributed by atoms with Crippen molar-refractivity contribution in [2.75, 3.05) is 6.61 Å². The number of carboxylic acid groups (broad SMARTS) is 1. The van der Waals surface area contributed by atoms with Crippen LogP contribution in [0.25, 0.3) is 0 Å². The molecule has 4 nitrogen and oxygen atoms in total. The molecular weight excluding hydrogens is 194 g/mol. The van der Waals surface area contributed by atoms with Gasteiger partial charge in [0, 0.05) is 19.0 Å². The van der Waals surface area contributed by atoms with E-state index < -0.39 is 5.97 Å². The van der Waals surface area contributed by atoms with Crippen LogP contribution in [0.4, 0.5) is 0 Å². The molecule has 0 aromatic carbocycles. The van der Waals surface area contributed by atoms with Gasteiger partial charge in [0.25, 0.3) is 0 Å². The summed E-state index contributed by atoms with van der Waals surface area (Å²) in [4.78, 5) is 14.7. The fraction of sp³-hybridized carbons (Fsp3) is 0.455. The molecule has 2 heterocycles. The zero-order valence-corrected chi connectivity index (χ0v) is 8.35. The molecule has 1 fully saturated rings. The Bertz CT molecular complexity index is 359. The summed E-state index contributed by atoms with van der Waals surface area (Å²) in [6.45, 7) is 0.752.